The van der Waals surface area contributed by atoms with E-state index in [1.807, 2.05) is 18.2 Å². The molecule has 39 heteroatoms. The Morgan fingerprint density at radius 2 is 0.959 bits per heavy atom. The molecule has 2 aliphatic heterocycles. The summed E-state index contributed by atoms with van der Waals surface area (Å²) in [6.07, 6.45) is 8.03. The van der Waals surface area contributed by atoms with Crippen molar-refractivity contribution < 1.29 is 87.9 Å². The van der Waals surface area contributed by atoms with E-state index in [4.69, 9.17) is 77.9 Å². The molecule has 0 atom stereocenters. The van der Waals surface area contributed by atoms with E-state index in [-0.39, 0.29) is 137 Å². The Bertz CT molecular complexity index is 5700. The first-order chi connectivity index (χ1) is 57.6. The molecule has 1 amide bonds. The molecule has 2 aromatic carbocycles. The Morgan fingerprint density at radius 3 is 1.37 bits per heavy atom. The lowest BCUT2D eigenvalue weighted by molar-refractivity contribution is -0.115. The first kappa shape index (κ1) is 96.0. The highest BCUT2D eigenvalue weighted by molar-refractivity contribution is 9.08. The zero-order valence-electron chi connectivity index (χ0n) is 64.7. The van der Waals surface area contributed by atoms with Crippen molar-refractivity contribution >= 4 is 121 Å². The maximum absolute atomic E-state index is 14.2. The number of esters is 3. The minimum atomic E-state index is -0.787. The number of methoxy groups -OCH3 is 5. The van der Waals surface area contributed by atoms with E-state index in [2.05, 4.69) is 72.1 Å². The summed E-state index contributed by atoms with van der Waals surface area (Å²) >= 11 is 32.9. The van der Waals surface area contributed by atoms with Crippen molar-refractivity contribution in [1.82, 2.24) is 43.5 Å². The van der Waals surface area contributed by atoms with Gasteiger partial charge in [-0.25, -0.2) is 56.8 Å². The van der Waals surface area contributed by atoms with Crippen molar-refractivity contribution in [2.75, 3.05) is 72.5 Å². The summed E-state index contributed by atoms with van der Waals surface area (Å²) in [5.41, 5.74) is 8.69. The van der Waals surface area contributed by atoms with Gasteiger partial charge in [-0.15, -0.1) is 0 Å². The van der Waals surface area contributed by atoms with Gasteiger partial charge in [0.2, 0.25) is 29.7 Å². The second-order valence-corrected chi connectivity index (χ2v) is 27.2. The number of ether oxygens (including phenoxy) is 6. The van der Waals surface area contributed by atoms with Crippen LogP contribution in [0.2, 0.25) is 25.2 Å². The molecule has 2 aliphatic carbocycles. The number of anilines is 2. The third kappa shape index (κ3) is 27.2. The summed E-state index contributed by atoms with van der Waals surface area (Å²) in [7, 11) is 6.81. The third-order valence-electron chi connectivity index (χ3n) is 16.5. The monoisotopic (exact) mass is 1840 g/mol. The van der Waals surface area contributed by atoms with Crippen molar-refractivity contribution in [3.05, 3.63) is 324 Å². The van der Waals surface area contributed by atoms with Crippen LogP contribution in [0.1, 0.15) is 82.6 Å². The fraction of sp³-hybridized carbons (Fsp3) is 0.195. The van der Waals surface area contributed by atoms with Crippen LogP contribution in [0, 0.1) is 43.6 Å². The minimum Gasteiger partial charge on any atom is -0.497 e. The Hall–Kier alpha value is -12.2. The lowest BCUT2D eigenvalue weighted by Gasteiger charge is -2.28. The van der Waals surface area contributed by atoms with Gasteiger partial charge in [0.15, 0.2) is 11.6 Å². The number of alkyl halides is 1. The molecule has 14 rings (SSSR count). The SMILES string of the molecule is COC(=O)c1c(Cl)cc(-n2c(F)cccc2=O)nc1C.COC(=O)c1c(Cl)cc(-n2c(F)cccc2=O)nc1CBr.COC(=O)c1c(Cl)cc(Cl)nc1C.COc1ccc(CN2Cc3nc(-n4c(F)cccc4=O)cc(Cl)c3C2=O)c(OC)c1.Fc1cccc(F)n1.Nc1ccc(N2CCOCC2)cc1.O=C1C=CC=C(F)C1.O=C1C=CC=C(F)C1. The van der Waals surface area contributed by atoms with Crippen molar-refractivity contribution in [3.63, 3.8) is 0 Å². The zero-order chi connectivity index (χ0) is 88.9. The number of nitrogens with zero attached hydrogens (tertiary/aromatic N) is 10. The molecule has 10 heterocycles. The van der Waals surface area contributed by atoms with Gasteiger partial charge in [-0.05, 0) is 111 Å². The highest BCUT2D eigenvalue weighted by Gasteiger charge is 2.33. The number of aryl methyl sites for hydroxylation is 2. The first-order valence-electron chi connectivity index (χ1n) is 35.1. The number of benzene rings is 2. The summed E-state index contributed by atoms with van der Waals surface area (Å²) in [6, 6.07) is 32.9. The topological polar surface area (TPSA) is 321 Å². The van der Waals surface area contributed by atoms with E-state index in [0.717, 1.165) is 81.6 Å². The van der Waals surface area contributed by atoms with Gasteiger partial charge in [0, 0.05) is 77.8 Å². The van der Waals surface area contributed by atoms with Crippen LogP contribution in [-0.2, 0) is 47.0 Å². The molecule has 0 saturated carbocycles. The Kier molecular flexibility index (Phi) is 36.8. The van der Waals surface area contributed by atoms with Crippen molar-refractivity contribution in [2.24, 2.45) is 0 Å². The quantitative estimate of drug-likeness (QED) is 0.0296. The number of nitrogens with two attached hydrogens (primary N) is 1. The fourth-order valence-electron chi connectivity index (χ4n) is 10.9. The number of nitrogen functional groups attached to an aromatic ring is 1. The van der Waals surface area contributed by atoms with Crippen molar-refractivity contribution in [2.45, 2.75) is 45.1 Å². The number of rotatable bonds is 12. The van der Waals surface area contributed by atoms with Crippen LogP contribution in [0.4, 0.5) is 42.1 Å². The summed E-state index contributed by atoms with van der Waals surface area (Å²) in [5.74, 6) is -5.79. The third-order valence-corrected chi connectivity index (χ3v) is 18.4. The molecular formula is C82H70BrCl5F7N11O15. The number of carbonyl (C=O) groups is 6. The number of hydrogen-bond acceptors (Lipinski definition) is 22. The molecule has 0 spiro atoms. The number of morpholine rings is 1. The number of allylic oxidation sites excluding steroid dienone is 8. The van der Waals surface area contributed by atoms with E-state index in [9.17, 15) is 73.9 Å². The second kappa shape index (κ2) is 46.4. The Morgan fingerprint density at radius 1 is 0.512 bits per heavy atom. The maximum atomic E-state index is 14.2. The number of aromatic nitrogens is 8. The summed E-state index contributed by atoms with van der Waals surface area (Å²) in [6.45, 7) is 7.19. The lowest BCUT2D eigenvalue weighted by atomic mass is 10.1. The summed E-state index contributed by atoms with van der Waals surface area (Å²) < 4.78 is 121. The van der Waals surface area contributed by atoms with Crippen LogP contribution in [0.25, 0.3) is 17.5 Å². The molecule has 0 bridgehead atoms. The second-order valence-electron chi connectivity index (χ2n) is 24.6. The minimum absolute atomic E-state index is 0.00301. The van der Waals surface area contributed by atoms with Crippen LogP contribution in [0.3, 0.4) is 0 Å². The van der Waals surface area contributed by atoms with E-state index in [1.54, 1.807) is 31.1 Å². The predicted octanol–water partition coefficient (Wildman–Crippen LogP) is 15.7. The van der Waals surface area contributed by atoms with Gasteiger partial charge < -0.3 is 44.0 Å². The number of hydrogen-bond donors (Lipinski definition) is 1. The molecule has 2 N–H and O–H groups in total. The number of halogens is 13. The smallest absolute Gasteiger partial charge is 0.341 e. The van der Waals surface area contributed by atoms with Gasteiger partial charge in [0.1, 0.15) is 51.3 Å². The summed E-state index contributed by atoms with van der Waals surface area (Å²) in [4.78, 5) is 127. The van der Waals surface area contributed by atoms with Crippen molar-refractivity contribution in [3.8, 4) is 29.0 Å². The fourth-order valence-corrected chi connectivity index (χ4v) is 12.8. The molecule has 1 fully saturated rings. The molecule has 0 radical (unpaired) electrons. The average molecular weight is 1840 g/mol. The highest BCUT2D eigenvalue weighted by Crippen LogP contribution is 2.34. The molecule has 8 aromatic heterocycles. The van der Waals surface area contributed by atoms with Crippen LogP contribution in [0.5, 0.6) is 11.5 Å². The zero-order valence-corrected chi connectivity index (χ0v) is 70.1. The molecule has 0 unspecified atom stereocenters. The van der Waals surface area contributed by atoms with Crippen LogP contribution in [-0.4, -0.2) is 141 Å². The summed E-state index contributed by atoms with van der Waals surface area (Å²) in [5, 5.41) is 0.874. The molecule has 1 saturated heterocycles. The number of ketones is 2. The molecular weight excluding hydrogens is 1770 g/mol. The van der Waals surface area contributed by atoms with Gasteiger partial charge in [-0.3, -0.25) is 28.8 Å². The number of pyridine rings is 8. The van der Waals surface area contributed by atoms with Gasteiger partial charge in [0.05, 0.1) is 134 Å². The van der Waals surface area contributed by atoms with Gasteiger partial charge >= 0.3 is 17.9 Å². The molecule has 26 nitrogen and oxygen atoms in total. The van der Waals surface area contributed by atoms with Crippen LogP contribution >= 0.6 is 73.9 Å². The van der Waals surface area contributed by atoms with E-state index in [0.29, 0.717) is 22.9 Å². The van der Waals surface area contributed by atoms with Crippen LogP contribution < -0.4 is 36.8 Å². The van der Waals surface area contributed by atoms with Gasteiger partial charge in [0.25, 0.3) is 22.6 Å². The maximum Gasteiger partial charge on any atom is 0.341 e. The lowest BCUT2D eigenvalue weighted by Crippen LogP contribution is -2.36. The highest BCUT2D eigenvalue weighted by atomic mass is 79.9. The normalized spacial score (nSPS) is 12.7. The van der Waals surface area contributed by atoms with Gasteiger partial charge in [-0.1, -0.05) is 110 Å². The predicted molar refractivity (Wildman–Crippen MR) is 442 cm³/mol. The standard InChI is InChI=1S/C21H17ClFN3O4.C13H9BrClFN2O3.C13H10ClFN2O3.C10H14N2O.C8H7Cl2NO2.2C6H5FO.C5H3F2N/c1-29-13-7-6-12(16(8-13)30-2)10-25-11-15-20(21(25)28)14(22)9-18(24-15)26-17(23)4-3-5-19(26)27;1-21-13(20)12-7(15)5-10(17-8(12)6-14)18-9(16)3-2-4-11(18)19;1-7-12(13(19)20-2)8(14)6-10(16-7)17-9(15)4-3-5-11(17)18;11-9-1-3-10(4-2-9)12-5-7-13-8-6-12;1-4-7(8(12)13-2)5(9)3-6(10)11-4;2*7-5-2-1-3-6(8)4-5;6-4-2-1-3-5(7)8-4/h3-9H,10-11H2,1-2H3;2-5H,6H2,1H3;3-6H,1-2H3;1-4H,5-8,11H2;3H,1-2H3;2*1-3H,4H2;1-3H. The Labute approximate surface area is 718 Å². The van der Waals surface area contributed by atoms with Crippen molar-refractivity contribution in [1.29, 1.82) is 0 Å². The van der Waals surface area contributed by atoms with E-state index < -0.39 is 64.3 Å². The number of amides is 1. The molecule has 4 aliphatic rings. The average Bonchev–Trinajstić information content (AvgIpc) is 1.75. The largest absolute Gasteiger partial charge is 0.497 e. The number of carbonyl (C=O) groups excluding carboxylic acids is 6. The van der Waals surface area contributed by atoms with Gasteiger partial charge in [-0.2, -0.15) is 26.9 Å². The van der Waals surface area contributed by atoms with E-state index >= 15 is 0 Å². The van der Waals surface area contributed by atoms with Crippen LogP contribution in [0.15, 0.2) is 202 Å². The number of fused-ring (bicyclic) bond motifs is 1. The Balaban J connectivity index is 0.000000199. The molecule has 10 aromatic rings. The first-order valence-corrected chi connectivity index (χ1v) is 38.1. The van der Waals surface area contributed by atoms with E-state index in [1.165, 1.54) is 144 Å². The molecule has 634 valence electrons. The molecule has 121 heavy (non-hydrogen) atoms.